The quantitative estimate of drug-likeness (QED) is 0.221. The molecule has 6 rings (SSSR count). The van der Waals surface area contributed by atoms with Crippen molar-refractivity contribution in [3.05, 3.63) is 34.3 Å². The summed E-state index contributed by atoms with van der Waals surface area (Å²) in [5.41, 5.74) is -2.22. The van der Waals surface area contributed by atoms with E-state index >= 15 is 9.59 Å². The standard InChI is InChI=1S/C65H99ClF3N11O11/c1-12-40(4)56-62(90)76(8)37-54(83)74(6)38-55(84)78(10)51(35-42-19-14-13-15-20-42)61(89)75(7)36-52(81)71-47(27-25-43-24-26-45(46(66)33-43)65(67,68)69)60(88)80-30-18-21-48(80)59(87)73-64(28-16-17-29-64)63(91)79(11)50(34-44-22-23-44)57(85)70-41(5)32-53(82)77(9)49(31-39(2)3)58(86)72-56/h24,26,33,39-42,44,47-51,56H,12-23,25,27-32,34-38H2,1-11H3,(H,70,85)(H,71,81)(H,72,86)(H,73,87)/t40-,41+,47-,48-,49-,50-,51-,56-/m0/s1. The summed E-state index contributed by atoms with van der Waals surface area (Å²) < 4.78 is 41.3. The highest BCUT2D eigenvalue weighted by molar-refractivity contribution is 6.31. The fourth-order valence-corrected chi connectivity index (χ4v) is 13.6. The third-order valence-electron chi connectivity index (χ3n) is 19.3. The molecule has 4 N–H and O–H groups in total. The van der Waals surface area contributed by atoms with Gasteiger partial charge in [0, 0.05) is 61.3 Å². The fraction of sp³-hybridized carbons (Fsp3) is 0.738. The van der Waals surface area contributed by atoms with Crippen LogP contribution in [0.15, 0.2) is 18.2 Å². The molecule has 2 aliphatic heterocycles. The van der Waals surface area contributed by atoms with E-state index in [1.165, 1.54) is 72.9 Å². The molecular formula is C65H99ClF3N11O11. The monoisotopic (exact) mass is 1300 g/mol. The number of nitrogens with one attached hydrogen (secondary N) is 4. The maximum absolute atomic E-state index is 15.1. The van der Waals surface area contributed by atoms with E-state index in [4.69, 9.17) is 11.6 Å². The van der Waals surface area contributed by atoms with Gasteiger partial charge in [-0.25, -0.2) is 0 Å². The van der Waals surface area contributed by atoms with E-state index in [9.17, 15) is 56.3 Å². The van der Waals surface area contributed by atoms with Crippen molar-refractivity contribution in [1.82, 2.24) is 55.6 Å². The molecule has 1 aromatic rings. The molecule has 1 spiro atoms. The van der Waals surface area contributed by atoms with E-state index in [-0.39, 0.29) is 75.7 Å². The average molecular weight is 1300 g/mol. The van der Waals surface area contributed by atoms with Crippen LogP contribution >= 0.6 is 11.6 Å². The molecule has 11 amide bonds. The first-order chi connectivity index (χ1) is 42.8. The Hall–Kier alpha value is -6.53. The summed E-state index contributed by atoms with van der Waals surface area (Å²) in [6.07, 6.45) is 4.18. The van der Waals surface area contributed by atoms with Crippen LogP contribution in [-0.2, 0) is 65.3 Å². The summed E-state index contributed by atoms with van der Waals surface area (Å²) in [4.78, 5) is 168. The largest absolute Gasteiger partial charge is 0.417 e. The lowest BCUT2D eigenvalue weighted by atomic mass is 9.84. The molecule has 91 heavy (non-hydrogen) atoms. The Morgan fingerprint density at radius 2 is 1.22 bits per heavy atom. The Balaban J connectivity index is 1.35. The minimum atomic E-state index is -4.74. The van der Waals surface area contributed by atoms with E-state index in [1.807, 2.05) is 20.8 Å². The van der Waals surface area contributed by atoms with Gasteiger partial charge in [-0.05, 0) is 106 Å². The van der Waals surface area contributed by atoms with E-state index in [0.717, 1.165) is 66.9 Å². The summed E-state index contributed by atoms with van der Waals surface area (Å²) in [5.74, 6) is -7.01. The number of rotatable bonds is 11. The topological polar surface area (TPSA) is 259 Å². The van der Waals surface area contributed by atoms with Crippen molar-refractivity contribution in [2.24, 2.45) is 23.7 Å². The number of likely N-dealkylation sites (N-methyl/N-ethyl adjacent to an activating group) is 6. The van der Waals surface area contributed by atoms with Crippen LogP contribution in [-0.4, -0.2) is 216 Å². The first-order valence-electron chi connectivity index (χ1n) is 32.7. The van der Waals surface area contributed by atoms with Gasteiger partial charge in [0.1, 0.15) is 41.8 Å². The number of carbonyl (C=O) groups is 11. The molecule has 26 heteroatoms. The highest BCUT2D eigenvalue weighted by Crippen LogP contribution is 2.39. The van der Waals surface area contributed by atoms with Gasteiger partial charge in [0.15, 0.2) is 0 Å². The first-order valence-corrected chi connectivity index (χ1v) is 33.1. The molecule has 8 atom stereocenters. The third kappa shape index (κ3) is 19.5. The van der Waals surface area contributed by atoms with Crippen molar-refractivity contribution in [3.63, 3.8) is 0 Å². The van der Waals surface area contributed by atoms with Gasteiger partial charge in [0.25, 0.3) is 0 Å². The van der Waals surface area contributed by atoms with Gasteiger partial charge in [-0.3, -0.25) is 52.7 Å². The van der Waals surface area contributed by atoms with E-state index in [2.05, 4.69) is 21.3 Å². The zero-order valence-corrected chi connectivity index (χ0v) is 55.9. The number of halogens is 4. The SMILES string of the molecule is CC[C@H](C)[C@@H]1NC(=O)[C@H](CC(C)C)N(C)C(=O)C[C@@H](C)NC(=O)[C@H](CC2CC2)N(C)C(=O)C2(CCCC2)NC(=O)[C@@H]2CCCN2C(=O)[C@H](CCc2ccc(C(F)(F)F)c(Cl)c2)NC(=O)CN(C)C(=O)[C@H](CC2CCCCC2)N(C)C(=O)CN(C)C(=O)CN(C)C1=O. The third-order valence-corrected chi connectivity index (χ3v) is 19.7. The second-order valence-electron chi connectivity index (χ2n) is 27.1. The van der Waals surface area contributed by atoms with Crippen LogP contribution in [0.25, 0.3) is 0 Å². The van der Waals surface area contributed by atoms with Crippen molar-refractivity contribution in [3.8, 4) is 0 Å². The van der Waals surface area contributed by atoms with Crippen molar-refractivity contribution < 1.29 is 65.9 Å². The summed E-state index contributed by atoms with van der Waals surface area (Å²) in [5, 5.41) is 11.1. The number of benzene rings is 1. The molecular weight excluding hydrogens is 1200 g/mol. The number of hydrogen-bond donors (Lipinski definition) is 4. The minimum Gasteiger partial charge on any atom is -0.351 e. The van der Waals surface area contributed by atoms with Gasteiger partial charge in [-0.15, -0.1) is 0 Å². The van der Waals surface area contributed by atoms with Crippen LogP contribution in [0.3, 0.4) is 0 Å². The molecule has 3 saturated carbocycles. The molecule has 2 heterocycles. The summed E-state index contributed by atoms with van der Waals surface area (Å²) >= 11 is 6.12. The number of aryl methyl sites for hydroxylation is 1. The lowest BCUT2D eigenvalue weighted by Crippen LogP contribution is -2.64. The molecule has 2 saturated heterocycles. The van der Waals surface area contributed by atoms with Crippen LogP contribution in [0, 0.1) is 23.7 Å². The Kier molecular flexibility index (Phi) is 26.1. The van der Waals surface area contributed by atoms with Crippen molar-refractivity contribution in [2.45, 2.75) is 217 Å². The molecule has 22 nitrogen and oxygen atoms in total. The molecule has 508 valence electrons. The van der Waals surface area contributed by atoms with Gasteiger partial charge in [-0.1, -0.05) is 110 Å². The average Bonchev–Trinajstić information content (AvgIpc) is 1.75. The lowest BCUT2D eigenvalue weighted by molar-refractivity contribution is -0.149. The maximum Gasteiger partial charge on any atom is 0.417 e. The van der Waals surface area contributed by atoms with E-state index in [1.54, 1.807) is 13.8 Å². The number of alkyl halides is 3. The second-order valence-corrected chi connectivity index (χ2v) is 27.5. The van der Waals surface area contributed by atoms with Crippen molar-refractivity contribution in [1.29, 1.82) is 0 Å². The molecule has 1 aromatic carbocycles. The minimum absolute atomic E-state index is 0.0360. The van der Waals surface area contributed by atoms with Crippen LogP contribution < -0.4 is 21.3 Å². The number of amides is 11. The van der Waals surface area contributed by atoms with Gasteiger partial charge >= 0.3 is 6.18 Å². The van der Waals surface area contributed by atoms with E-state index < -0.39 is 155 Å². The highest BCUT2D eigenvalue weighted by Gasteiger charge is 2.50. The number of fused-ring (bicyclic) bond motifs is 1. The Morgan fingerprint density at radius 1 is 0.626 bits per heavy atom. The number of carbonyl (C=O) groups excluding carboxylic acids is 11. The van der Waals surface area contributed by atoms with Gasteiger partial charge in [-0.2, -0.15) is 13.2 Å². The molecule has 3 aliphatic carbocycles. The second kappa shape index (κ2) is 32.4. The van der Waals surface area contributed by atoms with Crippen molar-refractivity contribution in [2.75, 3.05) is 68.5 Å². The predicted octanol–water partition coefficient (Wildman–Crippen LogP) is 5.31. The maximum atomic E-state index is 15.1. The van der Waals surface area contributed by atoms with Gasteiger partial charge in [0.2, 0.25) is 65.0 Å². The molecule has 0 bridgehead atoms. The Morgan fingerprint density at radius 3 is 1.82 bits per heavy atom. The zero-order valence-electron chi connectivity index (χ0n) is 55.2. The number of nitrogens with zero attached hydrogens (tertiary/aromatic N) is 7. The molecule has 0 radical (unpaired) electrons. The Bertz CT molecular complexity index is 2810. The lowest BCUT2D eigenvalue weighted by Gasteiger charge is -2.38. The summed E-state index contributed by atoms with van der Waals surface area (Å²) in [7, 11) is 8.62. The van der Waals surface area contributed by atoms with Crippen LogP contribution in [0.1, 0.15) is 168 Å². The molecule has 0 aromatic heterocycles. The zero-order chi connectivity index (χ0) is 67.4. The molecule has 5 aliphatic rings. The summed E-state index contributed by atoms with van der Waals surface area (Å²) in [6.45, 7) is 7.52. The van der Waals surface area contributed by atoms with Crippen LogP contribution in [0.2, 0.25) is 5.02 Å². The van der Waals surface area contributed by atoms with Crippen LogP contribution in [0.4, 0.5) is 13.2 Å². The molecule has 5 fully saturated rings. The fourth-order valence-electron chi connectivity index (χ4n) is 13.3. The Labute approximate surface area is 539 Å². The van der Waals surface area contributed by atoms with Gasteiger partial charge in [0.05, 0.1) is 30.2 Å². The van der Waals surface area contributed by atoms with Gasteiger partial charge < -0.3 is 55.6 Å². The predicted molar refractivity (Wildman–Crippen MR) is 335 cm³/mol. The van der Waals surface area contributed by atoms with Crippen molar-refractivity contribution >= 4 is 76.6 Å². The molecule has 0 unspecified atom stereocenters. The smallest absolute Gasteiger partial charge is 0.351 e. The van der Waals surface area contributed by atoms with Crippen LogP contribution in [0.5, 0.6) is 0 Å². The summed E-state index contributed by atoms with van der Waals surface area (Å²) in [6, 6.07) is -4.43. The highest BCUT2D eigenvalue weighted by atomic mass is 35.5. The normalized spacial score (nSPS) is 26.9. The van der Waals surface area contributed by atoms with E-state index in [0.29, 0.717) is 37.7 Å². The number of hydrogen-bond acceptors (Lipinski definition) is 11. The first kappa shape index (κ1) is 73.5.